The SMILES string of the molecule is CCOC(=O)COc1ccc(C2=NN(c3ccc(S(C)(=O)=O)cc3)C(c3ccccc3Br)C2)cc1. The highest BCUT2D eigenvalue weighted by atomic mass is 79.9. The minimum absolute atomic E-state index is 0.0793. The molecule has 1 atom stereocenters. The molecule has 4 rings (SSSR count). The van der Waals surface area contributed by atoms with Crippen molar-refractivity contribution in [3.8, 4) is 5.75 Å². The predicted molar refractivity (Wildman–Crippen MR) is 139 cm³/mol. The Kier molecular flexibility index (Phi) is 7.57. The minimum atomic E-state index is -3.29. The van der Waals surface area contributed by atoms with Crippen LogP contribution in [0.15, 0.2) is 87.3 Å². The summed E-state index contributed by atoms with van der Waals surface area (Å²) in [6.07, 6.45) is 1.84. The van der Waals surface area contributed by atoms with Gasteiger partial charge in [0.05, 0.1) is 28.9 Å². The van der Waals surface area contributed by atoms with Crippen LogP contribution >= 0.6 is 15.9 Å². The molecule has 0 N–H and O–H groups in total. The Morgan fingerprint density at radius 1 is 1.06 bits per heavy atom. The summed E-state index contributed by atoms with van der Waals surface area (Å²) in [6.45, 7) is 1.92. The first-order chi connectivity index (χ1) is 16.8. The summed E-state index contributed by atoms with van der Waals surface area (Å²) in [7, 11) is -3.29. The molecule has 3 aromatic carbocycles. The van der Waals surface area contributed by atoms with Crippen molar-refractivity contribution >= 4 is 43.1 Å². The average molecular weight is 557 g/mol. The van der Waals surface area contributed by atoms with Crippen LogP contribution in [-0.4, -0.2) is 39.6 Å². The van der Waals surface area contributed by atoms with Crippen LogP contribution < -0.4 is 9.75 Å². The molecule has 0 radical (unpaired) electrons. The Labute approximate surface area is 213 Å². The van der Waals surface area contributed by atoms with Crippen LogP contribution in [0.3, 0.4) is 0 Å². The molecule has 0 bridgehead atoms. The highest BCUT2D eigenvalue weighted by Crippen LogP contribution is 2.39. The topological polar surface area (TPSA) is 85.3 Å². The molecule has 1 aliphatic heterocycles. The van der Waals surface area contributed by atoms with Gasteiger partial charge < -0.3 is 9.47 Å². The number of carbonyl (C=O) groups excluding carboxylic acids is 1. The summed E-state index contributed by atoms with van der Waals surface area (Å²) in [5, 5.41) is 6.84. The summed E-state index contributed by atoms with van der Waals surface area (Å²) in [5.74, 6) is 0.154. The molecule has 0 aromatic heterocycles. The molecule has 1 aliphatic rings. The van der Waals surface area contributed by atoms with E-state index in [1.165, 1.54) is 6.26 Å². The summed E-state index contributed by atoms with van der Waals surface area (Å²) >= 11 is 3.66. The zero-order chi connectivity index (χ0) is 25.0. The molecule has 0 saturated carbocycles. The number of carbonyl (C=O) groups is 1. The third-order valence-electron chi connectivity index (χ3n) is 5.55. The highest BCUT2D eigenvalue weighted by Gasteiger charge is 2.31. The summed E-state index contributed by atoms with van der Waals surface area (Å²) in [6, 6.07) is 22.1. The molecule has 1 unspecified atom stereocenters. The lowest BCUT2D eigenvalue weighted by Gasteiger charge is -2.25. The zero-order valence-electron chi connectivity index (χ0n) is 19.3. The maximum atomic E-state index is 11.9. The van der Waals surface area contributed by atoms with Crippen molar-refractivity contribution in [2.75, 3.05) is 24.5 Å². The van der Waals surface area contributed by atoms with Crippen LogP contribution in [0, 0.1) is 0 Å². The monoisotopic (exact) mass is 556 g/mol. The largest absolute Gasteiger partial charge is 0.482 e. The molecular weight excluding hydrogens is 532 g/mol. The van der Waals surface area contributed by atoms with E-state index >= 15 is 0 Å². The first kappa shape index (κ1) is 24.9. The van der Waals surface area contributed by atoms with Crippen LogP contribution in [-0.2, 0) is 19.4 Å². The number of ether oxygens (including phenoxy) is 2. The zero-order valence-corrected chi connectivity index (χ0v) is 21.8. The van der Waals surface area contributed by atoms with Crippen molar-refractivity contribution in [3.05, 3.63) is 88.4 Å². The van der Waals surface area contributed by atoms with Gasteiger partial charge in [-0.15, -0.1) is 0 Å². The molecule has 9 heteroatoms. The third-order valence-corrected chi connectivity index (χ3v) is 7.40. The fraction of sp³-hybridized carbons (Fsp3) is 0.231. The van der Waals surface area contributed by atoms with Crippen molar-refractivity contribution < 1.29 is 22.7 Å². The minimum Gasteiger partial charge on any atom is -0.482 e. The van der Waals surface area contributed by atoms with E-state index in [0.29, 0.717) is 18.8 Å². The number of hydrogen-bond donors (Lipinski definition) is 0. The van der Waals surface area contributed by atoms with Gasteiger partial charge in [0.15, 0.2) is 16.4 Å². The van der Waals surface area contributed by atoms with Crippen LogP contribution in [0.2, 0.25) is 0 Å². The van der Waals surface area contributed by atoms with E-state index < -0.39 is 15.8 Å². The van der Waals surface area contributed by atoms with Crippen molar-refractivity contribution in [1.29, 1.82) is 0 Å². The van der Waals surface area contributed by atoms with Crippen LogP contribution in [0.25, 0.3) is 0 Å². The van der Waals surface area contributed by atoms with Gasteiger partial charge in [0.2, 0.25) is 0 Å². The molecule has 0 fully saturated rings. The van der Waals surface area contributed by atoms with Gasteiger partial charge in [-0.25, -0.2) is 13.2 Å². The van der Waals surface area contributed by atoms with Gasteiger partial charge in [0.25, 0.3) is 0 Å². The van der Waals surface area contributed by atoms with E-state index in [1.807, 2.05) is 35.3 Å². The Hall–Kier alpha value is -3.17. The first-order valence-electron chi connectivity index (χ1n) is 11.1. The lowest BCUT2D eigenvalue weighted by atomic mass is 9.98. The van der Waals surface area contributed by atoms with Gasteiger partial charge in [0, 0.05) is 17.1 Å². The Morgan fingerprint density at radius 2 is 1.74 bits per heavy atom. The number of hydrogen-bond acceptors (Lipinski definition) is 7. The molecule has 35 heavy (non-hydrogen) atoms. The van der Waals surface area contributed by atoms with Gasteiger partial charge in [-0.2, -0.15) is 5.10 Å². The first-order valence-corrected chi connectivity index (χ1v) is 13.7. The number of benzene rings is 3. The predicted octanol–water partition coefficient (Wildman–Crippen LogP) is 5.15. The summed E-state index contributed by atoms with van der Waals surface area (Å²) in [4.78, 5) is 11.8. The molecular formula is C26H25BrN2O5S. The molecule has 182 valence electrons. The summed E-state index contributed by atoms with van der Waals surface area (Å²) < 4.78 is 35.1. The fourth-order valence-electron chi connectivity index (χ4n) is 3.85. The number of sulfone groups is 1. The number of hydrazone groups is 1. The number of nitrogens with zero attached hydrogens (tertiary/aromatic N) is 2. The standard InChI is InChI=1S/C26H25BrN2O5S/c1-3-33-26(30)17-34-20-12-8-18(9-13-20)24-16-25(22-6-4-5-7-23(22)27)29(28-24)19-10-14-21(15-11-19)35(2,31)32/h4-15,25H,3,16-17H2,1-2H3. The lowest BCUT2D eigenvalue weighted by molar-refractivity contribution is -0.145. The van der Waals surface area contributed by atoms with E-state index in [9.17, 15) is 13.2 Å². The van der Waals surface area contributed by atoms with Gasteiger partial charge in [-0.3, -0.25) is 5.01 Å². The highest BCUT2D eigenvalue weighted by molar-refractivity contribution is 9.10. The van der Waals surface area contributed by atoms with E-state index in [-0.39, 0.29) is 17.5 Å². The molecule has 7 nitrogen and oxygen atoms in total. The van der Waals surface area contributed by atoms with Crippen LogP contribution in [0.5, 0.6) is 5.75 Å². The molecule has 1 heterocycles. The van der Waals surface area contributed by atoms with E-state index in [0.717, 1.165) is 27.0 Å². The molecule has 0 amide bonds. The van der Waals surface area contributed by atoms with Crippen LogP contribution in [0.1, 0.15) is 30.5 Å². The van der Waals surface area contributed by atoms with Crippen molar-refractivity contribution in [3.63, 3.8) is 0 Å². The second-order valence-corrected chi connectivity index (χ2v) is 10.9. The second-order valence-electron chi connectivity index (χ2n) is 8.02. The smallest absolute Gasteiger partial charge is 0.344 e. The van der Waals surface area contributed by atoms with Crippen LogP contribution in [0.4, 0.5) is 5.69 Å². The van der Waals surface area contributed by atoms with E-state index in [4.69, 9.17) is 14.6 Å². The summed E-state index contributed by atoms with van der Waals surface area (Å²) in [5.41, 5.74) is 3.69. The Morgan fingerprint density at radius 3 is 2.37 bits per heavy atom. The van der Waals surface area contributed by atoms with E-state index in [2.05, 4.69) is 22.0 Å². The van der Waals surface area contributed by atoms with Crippen molar-refractivity contribution in [1.82, 2.24) is 0 Å². The Bertz CT molecular complexity index is 1340. The number of halogens is 1. The van der Waals surface area contributed by atoms with Crippen molar-refractivity contribution in [2.45, 2.75) is 24.3 Å². The van der Waals surface area contributed by atoms with Crippen molar-refractivity contribution in [2.24, 2.45) is 5.10 Å². The number of esters is 1. The second kappa shape index (κ2) is 10.6. The average Bonchev–Trinajstić information content (AvgIpc) is 3.28. The molecule has 0 saturated heterocycles. The number of rotatable bonds is 8. The number of anilines is 1. The van der Waals surface area contributed by atoms with Gasteiger partial charge in [0.1, 0.15) is 5.75 Å². The molecule has 3 aromatic rings. The van der Waals surface area contributed by atoms with E-state index in [1.54, 1.807) is 43.3 Å². The Balaban J connectivity index is 1.62. The fourth-order valence-corrected chi connectivity index (χ4v) is 5.02. The quantitative estimate of drug-likeness (QED) is 0.356. The molecule has 0 aliphatic carbocycles. The lowest BCUT2D eigenvalue weighted by Crippen LogP contribution is -2.19. The van der Waals surface area contributed by atoms with Gasteiger partial charge in [-0.05, 0) is 72.6 Å². The third kappa shape index (κ3) is 5.91. The van der Waals surface area contributed by atoms with Gasteiger partial charge in [-0.1, -0.05) is 34.1 Å². The maximum absolute atomic E-state index is 11.9. The molecule has 0 spiro atoms. The normalized spacial score (nSPS) is 15.6. The van der Waals surface area contributed by atoms with Gasteiger partial charge >= 0.3 is 5.97 Å². The maximum Gasteiger partial charge on any atom is 0.344 e.